The van der Waals surface area contributed by atoms with Gasteiger partial charge in [0, 0.05) is 12.5 Å². The second-order valence-electron chi connectivity index (χ2n) is 5.59. The maximum Gasteiger partial charge on any atom is 0.0958 e. The normalized spacial score (nSPS) is 25.3. The molecule has 1 aliphatic carbocycles. The smallest absolute Gasteiger partial charge is 0.0958 e. The summed E-state index contributed by atoms with van der Waals surface area (Å²) in [6, 6.07) is 16.2. The van der Waals surface area contributed by atoms with E-state index in [2.05, 4.69) is 31.2 Å². The Hall–Kier alpha value is -1.64. The highest BCUT2D eigenvalue weighted by molar-refractivity contribution is 5.41. The van der Waals surface area contributed by atoms with Gasteiger partial charge >= 0.3 is 0 Å². The van der Waals surface area contributed by atoms with Gasteiger partial charge in [0.2, 0.25) is 0 Å². The molecule has 0 spiro atoms. The van der Waals surface area contributed by atoms with Gasteiger partial charge in [-0.1, -0.05) is 54.1 Å². The van der Waals surface area contributed by atoms with E-state index in [1.165, 1.54) is 5.56 Å². The molecule has 2 nitrogen and oxygen atoms in total. The Bertz CT molecular complexity index is 590. The van der Waals surface area contributed by atoms with Crippen LogP contribution in [-0.2, 0) is 12.0 Å². The van der Waals surface area contributed by atoms with Crippen LogP contribution in [0.2, 0.25) is 0 Å². The monoisotopic (exact) mass is 253 g/mol. The van der Waals surface area contributed by atoms with E-state index in [9.17, 15) is 5.11 Å². The molecule has 0 aromatic heterocycles. The lowest BCUT2D eigenvalue weighted by Gasteiger charge is -2.24. The molecule has 0 saturated heterocycles. The number of hydrogen-bond acceptors (Lipinski definition) is 2. The van der Waals surface area contributed by atoms with E-state index in [1.54, 1.807) is 0 Å². The first-order valence-corrected chi connectivity index (χ1v) is 6.71. The first kappa shape index (κ1) is 12.4. The van der Waals surface area contributed by atoms with Gasteiger partial charge in [0.25, 0.3) is 0 Å². The summed E-state index contributed by atoms with van der Waals surface area (Å²) in [5.41, 5.74) is 9.77. The van der Waals surface area contributed by atoms with Crippen molar-refractivity contribution in [1.82, 2.24) is 0 Å². The van der Waals surface area contributed by atoms with E-state index in [4.69, 9.17) is 5.73 Å². The molecule has 2 unspecified atom stereocenters. The summed E-state index contributed by atoms with van der Waals surface area (Å²) < 4.78 is 0. The zero-order valence-corrected chi connectivity index (χ0v) is 11.1. The number of nitrogens with two attached hydrogens (primary N) is 1. The quantitative estimate of drug-likeness (QED) is 0.864. The second-order valence-corrected chi connectivity index (χ2v) is 5.59. The summed E-state index contributed by atoms with van der Waals surface area (Å²) in [5, 5.41) is 11.0. The van der Waals surface area contributed by atoms with Crippen LogP contribution in [0.1, 0.15) is 34.7 Å². The lowest BCUT2D eigenvalue weighted by molar-refractivity contribution is 0.0342. The summed E-state index contributed by atoms with van der Waals surface area (Å²) in [7, 11) is 0. The molecule has 19 heavy (non-hydrogen) atoms. The van der Waals surface area contributed by atoms with Crippen LogP contribution in [-0.4, -0.2) is 5.11 Å². The maximum absolute atomic E-state index is 11.0. The van der Waals surface area contributed by atoms with Crippen molar-refractivity contribution in [1.29, 1.82) is 0 Å². The number of aliphatic hydroxyl groups is 1. The standard InChI is InChI=1S/C17H19NO/c1-12-6-8-13(9-7-12)10-17(19)11-16(18)14-4-2-3-5-15(14)17/h2-9,16,19H,10-11,18H2,1H3. The summed E-state index contributed by atoms with van der Waals surface area (Å²) >= 11 is 0. The molecule has 0 amide bonds. The van der Waals surface area contributed by atoms with E-state index >= 15 is 0 Å². The van der Waals surface area contributed by atoms with E-state index in [1.807, 2.05) is 24.3 Å². The van der Waals surface area contributed by atoms with Crippen LogP contribution in [0, 0.1) is 6.92 Å². The van der Waals surface area contributed by atoms with E-state index in [0.717, 1.165) is 16.7 Å². The van der Waals surface area contributed by atoms with Crippen molar-refractivity contribution in [2.75, 3.05) is 0 Å². The largest absolute Gasteiger partial charge is 0.385 e. The fraction of sp³-hybridized carbons (Fsp3) is 0.294. The van der Waals surface area contributed by atoms with Crippen LogP contribution in [0.25, 0.3) is 0 Å². The van der Waals surface area contributed by atoms with Gasteiger partial charge in [0.1, 0.15) is 0 Å². The fourth-order valence-electron chi connectivity index (χ4n) is 3.04. The lowest BCUT2D eigenvalue weighted by Crippen LogP contribution is -2.26. The van der Waals surface area contributed by atoms with Crippen molar-refractivity contribution in [3.63, 3.8) is 0 Å². The molecule has 0 fully saturated rings. The molecule has 0 heterocycles. The SMILES string of the molecule is Cc1ccc(CC2(O)CC(N)c3ccccc32)cc1. The number of fused-ring (bicyclic) bond motifs is 1. The van der Waals surface area contributed by atoms with Gasteiger partial charge in [-0.2, -0.15) is 0 Å². The van der Waals surface area contributed by atoms with E-state index in [0.29, 0.717) is 12.8 Å². The maximum atomic E-state index is 11.0. The predicted octanol–water partition coefficient (Wildman–Crippen LogP) is 2.83. The van der Waals surface area contributed by atoms with Gasteiger partial charge in [0.05, 0.1) is 5.60 Å². The molecule has 0 saturated carbocycles. The first-order valence-electron chi connectivity index (χ1n) is 6.71. The highest BCUT2D eigenvalue weighted by Gasteiger charge is 2.40. The average Bonchev–Trinajstić information content (AvgIpc) is 2.65. The van der Waals surface area contributed by atoms with Crippen molar-refractivity contribution < 1.29 is 5.11 Å². The van der Waals surface area contributed by atoms with Crippen LogP contribution in [0.5, 0.6) is 0 Å². The van der Waals surface area contributed by atoms with Crippen LogP contribution in [0.3, 0.4) is 0 Å². The second kappa shape index (κ2) is 4.48. The lowest BCUT2D eigenvalue weighted by atomic mass is 9.88. The van der Waals surface area contributed by atoms with Gasteiger partial charge in [-0.25, -0.2) is 0 Å². The Kier molecular flexibility index (Phi) is 2.92. The van der Waals surface area contributed by atoms with Crippen molar-refractivity contribution in [3.8, 4) is 0 Å². The summed E-state index contributed by atoms with van der Waals surface area (Å²) in [4.78, 5) is 0. The van der Waals surface area contributed by atoms with Crippen LogP contribution in [0.15, 0.2) is 48.5 Å². The third-order valence-corrected chi connectivity index (χ3v) is 4.04. The van der Waals surface area contributed by atoms with Crippen LogP contribution >= 0.6 is 0 Å². The summed E-state index contributed by atoms with van der Waals surface area (Å²) in [5.74, 6) is 0. The molecule has 2 atom stereocenters. The van der Waals surface area contributed by atoms with E-state index < -0.39 is 5.60 Å². The van der Waals surface area contributed by atoms with Crippen LogP contribution < -0.4 is 5.73 Å². The minimum atomic E-state index is -0.828. The molecule has 3 rings (SSSR count). The molecule has 0 aliphatic heterocycles. The first-order chi connectivity index (χ1) is 9.08. The third-order valence-electron chi connectivity index (χ3n) is 4.04. The summed E-state index contributed by atoms with van der Waals surface area (Å²) in [6.07, 6.45) is 1.22. The zero-order valence-electron chi connectivity index (χ0n) is 11.1. The molecule has 2 aromatic carbocycles. The van der Waals surface area contributed by atoms with Crippen molar-refractivity contribution in [3.05, 3.63) is 70.8 Å². The van der Waals surface area contributed by atoms with E-state index in [-0.39, 0.29) is 6.04 Å². The molecular weight excluding hydrogens is 234 g/mol. The Labute approximate surface area is 113 Å². The highest BCUT2D eigenvalue weighted by Crippen LogP contribution is 2.43. The number of benzene rings is 2. The van der Waals surface area contributed by atoms with Crippen molar-refractivity contribution >= 4 is 0 Å². The molecule has 0 bridgehead atoms. The van der Waals surface area contributed by atoms with Crippen molar-refractivity contribution in [2.24, 2.45) is 5.73 Å². The minimum Gasteiger partial charge on any atom is -0.385 e. The molecule has 2 heteroatoms. The Morgan fingerprint density at radius 1 is 1.16 bits per heavy atom. The zero-order chi connectivity index (χ0) is 13.5. The predicted molar refractivity (Wildman–Crippen MR) is 76.8 cm³/mol. The molecule has 98 valence electrons. The topological polar surface area (TPSA) is 46.2 Å². The van der Waals surface area contributed by atoms with Crippen molar-refractivity contribution in [2.45, 2.75) is 31.4 Å². The van der Waals surface area contributed by atoms with Gasteiger partial charge in [-0.05, 0) is 30.0 Å². The number of rotatable bonds is 2. The Morgan fingerprint density at radius 2 is 1.84 bits per heavy atom. The molecule has 1 aliphatic rings. The molecular formula is C17H19NO. The fourth-order valence-corrected chi connectivity index (χ4v) is 3.04. The van der Waals surface area contributed by atoms with Gasteiger partial charge in [-0.3, -0.25) is 0 Å². The number of aryl methyl sites for hydroxylation is 1. The Balaban J connectivity index is 1.94. The minimum absolute atomic E-state index is 0.0633. The van der Waals surface area contributed by atoms with Gasteiger partial charge < -0.3 is 10.8 Å². The molecule has 3 N–H and O–H groups in total. The summed E-state index contributed by atoms with van der Waals surface area (Å²) in [6.45, 7) is 2.07. The Morgan fingerprint density at radius 3 is 2.58 bits per heavy atom. The average molecular weight is 253 g/mol. The third kappa shape index (κ3) is 2.18. The van der Waals surface area contributed by atoms with Gasteiger partial charge in [0.15, 0.2) is 0 Å². The van der Waals surface area contributed by atoms with Gasteiger partial charge in [-0.15, -0.1) is 0 Å². The van der Waals surface area contributed by atoms with Crippen LogP contribution in [0.4, 0.5) is 0 Å². The molecule has 2 aromatic rings. The molecule has 0 radical (unpaired) electrons. The number of hydrogen-bond donors (Lipinski definition) is 2. The highest BCUT2D eigenvalue weighted by atomic mass is 16.3.